The van der Waals surface area contributed by atoms with Crippen LogP contribution in [0.2, 0.25) is 0 Å². The summed E-state index contributed by atoms with van der Waals surface area (Å²) in [5, 5.41) is 6.74. The number of halogens is 2. The van der Waals surface area contributed by atoms with Crippen molar-refractivity contribution in [2.24, 2.45) is 0 Å². The van der Waals surface area contributed by atoms with Gasteiger partial charge in [0.15, 0.2) is 0 Å². The maximum absolute atomic E-state index is 10.8. The summed E-state index contributed by atoms with van der Waals surface area (Å²) in [5.41, 5.74) is 0.0711. The van der Waals surface area contributed by atoms with E-state index >= 15 is 0 Å². The van der Waals surface area contributed by atoms with Gasteiger partial charge in [0.25, 0.3) is 16.7 Å². The van der Waals surface area contributed by atoms with Crippen molar-refractivity contribution in [3.05, 3.63) is 29.3 Å². The number of hydrogen-bond acceptors (Lipinski definition) is 4. The van der Waals surface area contributed by atoms with Gasteiger partial charge < -0.3 is 4.74 Å². The molecule has 0 aliphatic carbocycles. The van der Waals surface area contributed by atoms with Crippen molar-refractivity contribution in [1.82, 2.24) is 0 Å². The molecule has 0 aliphatic heterocycles. The monoisotopic (exact) mass is 243 g/mol. The minimum atomic E-state index is -0.766. The normalized spacial score (nSPS) is 9.13. The van der Waals surface area contributed by atoms with Crippen LogP contribution in [0.3, 0.4) is 0 Å². The number of benzene rings is 1. The summed E-state index contributed by atoms with van der Waals surface area (Å²) in [6, 6.07) is 3.69. The molecule has 0 saturated carbocycles. The second-order valence-corrected chi connectivity index (χ2v) is 3.17. The van der Waals surface area contributed by atoms with Gasteiger partial charge in [0, 0.05) is 11.1 Å². The first-order valence-electron chi connectivity index (χ1n) is 3.65. The van der Waals surface area contributed by atoms with Gasteiger partial charge in [0.2, 0.25) is 0 Å². The van der Waals surface area contributed by atoms with Crippen LogP contribution < -0.4 is 4.74 Å². The fraction of sp³-hybridized carbons (Fsp3) is 0. The first kappa shape index (κ1) is 11.5. The van der Waals surface area contributed by atoms with Crippen LogP contribution in [0.1, 0.15) is 20.7 Å². The highest BCUT2D eigenvalue weighted by molar-refractivity contribution is 6.69. The summed E-state index contributed by atoms with van der Waals surface area (Å²) in [6.07, 6.45) is 1.41. The summed E-state index contributed by atoms with van der Waals surface area (Å²) in [5.74, 6) is 0.0352. The van der Waals surface area contributed by atoms with Crippen LogP contribution in [-0.2, 0) is 0 Å². The number of rotatable bonds is 3. The summed E-state index contributed by atoms with van der Waals surface area (Å²) < 4.78 is 4.47. The van der Waals surface area contributed by atoms with Gasteiger partial charge in [0.1, 0.15) is 5.75 Å². The topological polar surface area (TPSA) is 67.2 Å². The second-order valence-electron chi connectivity index (χ2n) is 2.49. The van der Waals surface area contributed by atoms with E-state index in [0.717, 1.165) is 0 Å². The number of ether oxygens (including phenoxy) is 1. The lowest BCUT2D eigenvalue weighted by Gasteiger charge is -2.01. The number of nitrogens with zero attached hydrogens (tertiary/aromatic N) is 1. The van der Waals surface area contributed by atoms with Crippen LogP contribution in [0.15, 0.2) is 18.2 Å². The van der Waals surface area contributed by atoms with Gasteiger partial charge >= 0.3 is 0 Å². The Morgan fingerprint density at radius 3 is 1.93 bits per heavy atom. The highest BCUT2D eigenvalue weighted by atomic mass is 35.5. The minimum Gasteiger partial charge on any atom is -0.388 e. The predicted molar refractivity (Wildman–Crippen MR) is 53.1 cm³/mol. The first-order chi connectivity index (χ1) is 7.04. The summed E-state index contributed by atoms with van der Waals surface area (Å²) in [7, 11) is 0. The molecule has 0 aliphatic rings. The third-order valence-corrected chi connectivity index (χ3v) is 1.96. The van der Waals surface area contributed by atoms with Crippen molar-refractivity contribution < 1.29 is 14.3 Å². The molecule has 0 atom stereocenters. The van der Waals surface area contributed by atoms with Crippen LogP contribution in [0.5, 0.6) is 5.75 Å². The van der Waals surface area contributed by atoms with Crippen LogP contribution in [0.25, 0.3) is 0 Å². The van der Waals surface area contributed by atoms with Crippen LogP contribution in [0.4, 0.5) is 0 Å². The fourth-order valence-electron chi connectivity index (χ4n) is 0.938. The quantitative estimate of drug-likeness (QED) is 0.604. The Labute approximate surface area is 95.0 Å². The zero-order valence-corrected chi connectivity index (χ0v) is 8.67. The van der Waals surface area contributed by atoms with E-state index in [1.165, 1.54) is 24.5 Å². The Morgan fingerprint density at radius 1 is 1.13 bits per heavy atom. The molecule has 1 aromatic carbocycles. The lowest BCUT2D eigenvalue weighted by Crippen LogP contribution is -1.96. The molecule has 0 fully saturated rings. The molecule has 4 nitrogen and oxygen atoms in total. The highest BCUT2D eigenvalue weighted by Gasteiger charge is 2.10. The summed E-state index contributed by atoms with van der Waals surface area (Å²) in [4.78, 5) is 21.7. The van der Waals surface area contributed by atoms with E-state index in [1.54, 1.807) is 0 Å². The number of nitriles is 1. The molecule has 0 radical (unpaired) electrons. The summed E-state index contributed by atoms with van der Waals surface area (Å²) >= 11 is 10.4. The lowest BCUT2D eigenvalue weighted by molar-refractivity contribution is 0.108. The van der Waals surface area contributed by atoms with Gasteiger partial charge in [-0.1, -0.05) is 0 Å². The van der Waals surface area contributed by atoms with Gasteiger partial charge in [-0.25, -0.2) is 0 Å². The van der Waals surface area contributed by atoms with E-state index in [1.807, 2.05) is 0 Å². The molecule has 6 heteroatoms. The van der Waals surface area contributed by atoms with E-state index in [0.29, 0.717) is 0 Å². The Morgan fingerprint density at radius 2 is 1.60 bits per heavy atom. The molecule has 1 aromatic rings. The SMILES string of the molecule is N#COc1cc(C(=O)Cl)cc(C(=O)Cl)c1. The van der Waals surface area contributed by atoms with Crippen LogP contribution in [0, 0.1) is 11.5 Å². The molecule has 15 heavy (non-hydrogen) atoms. The lowest BCUT2D eigenvalue weighted by atomic mass is 10.1. The second kappa shape index (κ2) is 4.78. The van der Waals surface area contributed by atoms with E-state index in [2.05, 4.69) is 4.74 Å². The van der Waals surface area contributed by atoms with E-state index in [-0.39, 0.29) is 16.9 Å². The maximum Gasteiger partial charge on any atom is 0.292 e. The number of carbonyl (C=O) groups excluding carboxylic acids is 2. The zero-order valence-electron chi connectivity index (χ0n) is 7.16. The van der Waals surface area contributed by atoms with Crippen LogP contribution in [-0.4, -0.2) is 10.5 Å². The Hall–Kier alpha value is -1.57. The third kappa shape index (κ3) is 2.94. The van der Waals surface area contributed by atoms with Gasteiger partial charge in [-0.2, -0.15) is 0 Å². The molecular formula is C9H3Cl2NO3. The van der Waals surface area contributed by atoms with Crippen molar-refractivity contribution >= 4 is 33.7 Å². The molecule has 0 bridgehead atoms. The standard InChI is InChI=1S/C9H3Cl2NO3/c10-8(13)5-1-6(9(11)14)3-7(2-5)15-4-12/h1-3H. The zero-order chi connectivity index (χ0) is 11.4. The Bertz CT molecular complexity index is 433. The molecule has 0 unspecified atom stereocenters. The molecule has 76 valence electrons. The Kier molecular flexibility index (Phi) is 3.67. The number of hydrogen-bond donors (Lipinski definition) is 0. The molecule has 0 saturated heterocycles. The molecule has 0 amide bonds. The van der Waals surface area contributed by atoms with E-state index in [9.17, 15) is 9.59 Å². The van der Waals surface area contributed by atoms with E-state index < -0.39 is 10.5 Å². The molecule has 0 N–H and O–H groups in total. The van der Waals surface area contributed by atoms with Gasteiger partial charge in [0.05, 0.1) is 0 Å². The van der Waals surface area contributed by atoms with Gasteiger partial charge in [-0.15, -0.1) is 5.26 Å². The van der Waals surface area contributed by atoms with Crippen LogP contribution >= 0.6 is 23.2 Å². The Balaban J connectivity index is 3.27. The van der Waals surface area contributed by atoms with Crippen molar-refractivity contribution in [2.75, 3.05) is 0 Å². The summed E-state index contributed by atoms with van der Waals surface area (Å²) in [6.45, 7) is 0. The highest BCUT2D eigenvalue weighted by Crippen LogP contribution is 2.19. The molecule has 0 heterocycles. The fourth-order valence-corrected chi connectivity index (χ4v) is 1.16. The van der Waals surface area contributed by atoms with E-state index in [4.69, 9.17) is 28.5 Å². The third-order valence-electron chi connectivity index (χ3n) is 1.52. The van der Waals surface area contributed by atoms with Crippen molar-refractivity contribution in [3.8, 4) is 12.0 Å². The number of carbonyl (C=O) groups is 2. The minimum absolute atomic E-state index is 0.0352. The molecular weight excluding hydrogens is 241 g/mol. The average Bonchev–Trinajstić information content (AvgIpc) is 2.17. The molecule has 0 spiro atoms. The van der Waals surface area contributed by atoms with Crippen molar-refractivity contribution in [1.29, 1.82) is 5.26 Å². The van der Waals surface area contributed by atoms with Gasteiger partial charge in [-0.3, -0.25) is 9.59 Å². The van der Waals surface area contributed by atoms with Crippen molar-refractivity contribution in [3.63, 3.8) is 0 Å². The molecule has 0 aromatic heterocycles. The first-order valence-corrected chi connectivity index (χ1v) is 4.41. The largest absolute Gasteiger partial charge is 0.388 e. The average molecular weight is 244 g/mol. The van der Waals surface area contributed by atoms with Gasteiger partial charge in [-0.05, 0) is 41.4 Å². The molecule has 1 rings (SSSR count). The van der Waals surface area contributed by atoms with Crippen molar-refractivity contribution in [2.45, 2.75) is 0 Å². The smallest absolute Gasteiger partial charge is 0.292 e. The maximum atomic E-state index is 10.8. The predicted octanol–water partition coefficient (Wildman–Crippen LogP) is 2.30.